The van der Waals surface area contributed by atoms with Crippen molar-refractivity contribution in [1.29, 1.82) is 0 Å². The lowest BCUT2D eigenvalue weighted by Crippen LogP contribution is -2.45. The zero-order valence-corrected chi connectivity index (χ0v) is 16.4. The molecule has 0 amide bonds. The Morgan fingerprint density at radius 3 is 2.85 bits per heavy atom. The van der Waals surface area contributed by atoms with Gasteiger partial charge in [-0.15, -0.1) is 0 Å². The van der Waals surface area contributed by atoms with Gasteiger partial charge < -0.3 is 0 Å². The van der Waals surface area contributed by atoms with Crippen LogP contribution in [0.1, 0.15) is 37.8 Å². The minimum Gasteiger partial charge on any atom is -0.263 e. The lowest BCUT2D eigenvalue weighted by atomic mass is 9.96. The molecule has 0 bridgehead atoms. The van der Waals surface area contributed by atoms with Crippen LogP contribution in [0, 0.1) is 0 Å². The molecule has 1 atom stereocenters. The highest BCUT2D eigenvalue weighted by molar-refractivity contribution is 7.86. The first-order valence-electron chi connectivity index (χ1n) is 8.95. The topological polar surface area (TPSA) is 84.2 Å². The Bertz CT molecular complexity index is 848. The van der Waals surface area contributed by atoms with E-state index in [-0.39, 0.29) is 5.92 Å². The lowest BCUT2D eigenvalue weighted by molar-refractivity contribution is 0.296. The summed E-state index contributed by atoms with van der Waals surface area (Å²) in [6.45, 7) is 3.92. The zero-order chi connectivity index (χ0) is 18.7. The average Bonchev–Trinajstić information content (AvgIpc) is 3.10. The van der Waals surface area contributed by atoms with Crippen molar-refractivity contribution >= 4 is 10.2 Å². The Balaban J connectivity index is 1.85. The number of nitrogens with zero attached hydrogens (tertiary/aromatic N) is 6. The molecule has 2 aromatic rings. The van der Waals surface area contributed by atoms with Gasteiger partial charge in [-0.05, 0) is 25.3 Å². The molecule has 1 saturated heterocycles. The third-order valence-corrected chi connectivity index (χ3v) is 6.56. The van der Waals surface area contributed by atoms with Gasteiger partial charge >= 0.3 is 0 Å². The molecule has 26 heavy (non-hydrogen) atoms. The average molecular weight is 379 g/mol. The van der Waals surface area contributed by atoms with Gasteiger partial charge in [0.2, 0.25) is 0 Å². The van der Waals surface area contributed by atoms with Gasteiger partial charge in [0.25, 0.3) is 10.2 Å². The van der Waals surface area contributed by atoms with E-state index in [1.54, 1.807) is 32.7 Å². The summed E-state index contributed by atoms with van der Waals surface area (Å²) in [6.07, 6.45) is 7.97. The first-order chi connectivity index (χ1) is 12.4. The van der Waals surface area contributed by atoms with Crippen molar-refractivity contribution in [2.75, 3.05) is 27.2 Å². The van der Waals surface area contributed by atoms with Crippen LogP contribution in [0.3, 0.4) is 0 Å². The van der Waals surface area contributed by atoms with Gasteiger partial charge in [0.15, 0.2) is 0 Å². The van der Waals surface area contributed by atoms with E-state index in [1.807, 2.05) is 10.7 Å². The van der Waals surface area contributed by atoms with Crippen LogP contribution in [0.2, 0.25) is 0 Å². The van der Waals surface area contributed by atoms with E-state index in [9.17, 15) is 8.42 Å². The fourth-order valence-electron chi connectivity index (χ4n) is 3.27. The van der Waals surface area contributed by atoms with E-state index in [1.165, 1.54) is 8.61 Å². The van der Waals surface area contributed by atoms with Gasteiger partial charge in [0, 0.05) is 52.0 Å². The molecule has 1 aliphatic rings. The van der Waals surface area contributed by atoms with E-state index in [0.717, 1.165) is 42.9 Å². The first kappa shape index (κ1) is 18.9. The maximum absolute atomic E-state index is 12.4. The lowest BCUT2D eigenvalue weighted by Gasteiger charge is -2.33. The maximum atomic E-state index is 12.4. The third-order valence-electron chi connectivity index (χ3n) is 4.66. The highest BCUT2D eigenvalue weighted by Gasteiger charge is 2.31. The number of hydrogen-bond acceptors (Lipinski definition) is 5. The molecule has 0 saturated carbocycles. The van der Waals surface area contributed by atoms with Gasteiger partial charge in [-0.3, -0.25) is 9.67 Å². The molecule has 0 unspecified atom stereocenters. The fraction of sp³-hybridized carbons (Fsp3) is 0.588. The summed E-state index contributed by atoms with van der Waals surface area (Å²) < 4.78 is 29.6. The maximum Gasteiger partial charge on any atom is 0.281 e. The van der Waals surface area contributed by atoms with Crippen LogP contribution in [0.25, 0.3) is 11.4 Å². The van der Waals surface area contributed by atoms with Gasteiger partial charge in [-0.2, -0.15) is 22.1 Å². The molecule has 8 nitrogen and oxygen atoms in total. The summed E-state index contributed by atoms with van der Waals surface area (Å²) in [4.78, 5) is 9.14. The molecule has 3 rings (SSSR count). The van der Waals surface area contributed by atoms with Gasteiger partial charge in [0.1, 0.15) is 5.69 Å². The normalized spacial score (nSPS) is 19.2. The van der Waals surface area contributed by atoms with Crippen molar-refractivity contribution in [3.63, 3.8) is 0 Å². The molecule has 1 fully saturated rings. The van der Waals surface area contributed by atoms with Crippen LogP contribution in [-0.4, -0.2) is 64.0 Å². The van der Waals surface area contributed by atoms with E-state index in [2.05, 4.69) is 17.0 Å². The van der Waals surface area contributed by atoms with Crippen molar-refractivity contribution in [2.24, 2.45) is 0 Å². The van der Waals surface area contributed by atoms with E-state index >= 15 is 0 Å². The molecule has 2 aromatic heterocycles. The second-order valence-corrected chi connectivity index (χ2v) is 8.90. The summed E-state index contributed by atoms with van der Waals surface area (Å²) in [5, 5.41) is 4.34. The number of piperidine rings is 1. The largest absolute Gasteiger partial charge is 0.281 e. The SMILES string of the molecule is CCCn1nccc1-c1cncc([C@H]2CCCN(S(=O)(=O)N(C)C)C2)n1. The molecule has 0 aliphatic carbocycles. The number of aryl methyl sites for hydroxylation is 1. The number of rotatable bonds is 6. The molecular formula is C17H26N6O2S. The number of hydrogen-bond donors (Lipinski definition) is 0. The Labute approximate surface area is 155 Å². The Morgan fingerprint density at radius 1 is 1.31 bits per heavy atom. The number of aromatic nitrogens is 4. The van der Waals surface area contributed by atoms with Gasteiger partial charge in [-0.1, -0.05) is 6.92 Å². The van der Waals surface area contributed by atoms with Crippen LogP contribution in [0.5, 0.6) is 0 Å². The Hall–Kier alpha value is -1.84. The van der Waals surface area contributed by atoms with Crippen LogP contribution < -0.4 is 0 Å². The Kier molecular flexibility index (Phi) is 5.69. The van der Waals surface area contributed by atoms with Crippen LogP contribution in [0.4, 0.5) is 0 Å². The molecule has 9 heteroatoms. The van der Waals surface area contributed by atoms with Crippen molar-refractivity contribution in [1.82, 2.24) is 28.4 Å². The summed E-state index contributed by atoms with van der Waals surface area (Å²) in [5.41, 5.74) is 2.56. The first-order valence-corrected chi connectivity index (χ1v) is 10.3. The standard InChI is InChI=1S/C17H26N6O2S/c1-4-9-23-17(7-8-19-23)16-12-18-11-15(20-16)14-6-5-10-22(13-14)26(24,25)21(2)3/h7-8,11-12,14H,4-6,9-10,13H2,1-3H3/t14-/m0/s1. The second-order valence-electron chi connectivity index (χ2n) is 6.76. The highest BCUT2D eigenvalue weighted by Crippen LogP contribution is 2.28. The van der Waals surface area contributed by atoms with Crippen molar-refractivity contribution < 1.29 is 8.42 Å². The smallest absolute Gasteiger partial charge is 0.263 e. The van der Waals surface area contributed by atoms with Crippen LogP contribution in [0.15, 0.2) is 24.7 Å². The Morgan fingerprint density at radius 2 is 2.12 bits per heavy atom. The quantitative estimate of drug-likeness (QED) is 0.764. The molecule has 0 N–H and O–H groups in total. The zero-order valence-electron chi connectivity index (χ0n) is 15.5. The predicted molar refractivity (Wildman–Crippen MR) is 99.7 cm³/mol. The van der Waals surface area contributed by atoms with Crippen molar-refractivity contribution in [3.05, 3.63) is 30.4 Å². The summed E-state index contributed by atoms with van der Waals surface area (Å²) in [5.74, 6) is 0.0495. The van der Waals surface area contributed by atoms with Crippen molar-refractivity contribution in [2.45, 2.75) is 38.6 Å². The van der Waals surface area contributed by atoms with Crippen LogP contribution in [-0.2, 0) is 16.8 Å². The highest BCUT2D eigenvalue weighted by atomic mass is 32.2. The third kappa shape index (κ3) is 3.79. The molecule has 142 valence electrons. The van der Waals surface area contributed by atoms with Crippen molar-refractivity contribution in [3.8, 4) is 11.4 Å². The molecule has 1 aliphatic heterocycles. The molecule has 0 spiro atoms. The van der Waals surface area contributed by atoms with E-state index in [0.29, 0.717) is 13.1 Å². The van der Waals surface area contributed by atoms with Crippen LogP contribution >= 0.6 is 0 Å². The molecule has 0 aromatic carbocycles. The fourth-order valence-corrected chi connectivity index (χ4v) is 4.46. The monoisotopic (exact) mass is 378 g/mol. The van der Waals surface area contributed by atoms with E-state index in [4.69, 9.17) is 4.98 Å². The summed E-state index contributed by atoms with van der Waals surface area (Å²) in [7, 11) is -0.276. The minimum absolute atomic E-state index is 0.0495. The van der Waals surface area contributed by atoms with Gasteiger partial charge in [-0.25, -0.2) is 4.98 Å². The summed E-state index contributed by atoms with van der Waals surface area (Å²) in [6, 6.07) is 1.94. The summed E-state index contributed by atoms with van der Waals surface area (Å²) >= 11 is 0. The predicted octanol–water partition coefficient (Wildman–Crippen LogP) is 1.74. The second kappa shape index (κ2) is 7.81. The molecule has 0 radical (unpaired) electrons. The van der Waals surface area contributed by atoms with Gasteiger partial charge in [0.05, 0.1) is 17.6 Å². The van der Waals surface area contributed by atoms with E-state index < -0.39 is 10.2 Å². The molecule has 3 heterocycles. The molecular weight excluding hydrogens is 352 g/mol. The minimum atomic E-state index is -3.40.